The van der Waals surface area contributed by atoms with Crippen LogP contribution < -0.4 is 5.32 Å². The lowest BCUT2D eigenvalue weighted by atomic mass is 10.1. The number of halogens is 3. The number of nitrogens with zero attached hydrogens (tertiary/aromatic N) is 2. The number of aryl methyl sites for hydroxylation is 1. The number of rotatable bonds is 5. The maximum atomic E-state index is 13.1. The number of hydrogen-bond donors (Lipinski definition) is 1. The molecule has 1 aromatic carbocycles. The van der Waals surface area contributed by atoms with Gasteiger partial charge in [0.25, 0.3) is 0 Å². The summed E-state index contributed by atoms with van der Waals surface area (Å²) < 4.78 is 40.1. The van der Waals surface area contributed by atoms with E-state index >= 15 is 0 Å². The lowest BCUT2D eigenvalue weighted by Gasteiger charge is -2.14. The first-order valence-electron chi connectivity index (χ1n) is 7.62. The van der Waals surface area contributed by atoms with Crippen LogP contribution in [0, 0.1) is 0 Å². The number of aromatic nitrogens is 2. The Morgan fingerprint density at radius 3 is 2.67 bits per heavy atom. The molecule has 24 heavy (non-hydrogen) atoms. The monoisotopic (exact) mass is 351 g/mol. The molecule has 126 valence electrons. The fourth-order valence-corrected chi connectivity index (χ4v) is 3.29. The molecule has 0 atom stereocenters. The molecule has 7 heteroatoms. The van der Waals surface area contributed by atoms with E-state index in [1.165, 1.54) is 23.5 Å². The van der Waals surface area contributed by atoms with Crippen molar-refractivity contribution in [3.8, 4) is 0 Å². The van der Waals surface area contributed by atoms with E-state index in [0.29, 0.717) is 11.6 Å². The topological polar surface area (TPSA) is 37.8 Å². The Kier molecular flexibility index (Phi) is 4.71. The average molecular weight is 351 g/mol. The van der Waals surface area contributed by atoms with E-state index in [1.807, 2.05) is 18.4 Å². The third kappa shape index (κ3) is 3.51. The highest BCUT2D eigenvalue weighted by atomic mass is 32.1. The van der Waals surface area contributed by atoms with Crippen LogP contribution in [0.15, 0.2) is 35.7 Å². The highest BCUT2D eigenvalue weighted by Gasteiger charge is 2.32. The molecular formula is C17H16F3N3S. The first-order valence-corrected chi connectivity index (χ1v) is 8.50. The minimum absolute atomic E-state index is 0.0608. The zero-order chi connectivity index (χ0) is 17.2. The molecule has 0 spiro atoms. The summed E-state index contributed by atoms with van der Waals surface area (Å²) in [6.45, 7) is 2.10. The second-order valence-electron chi connectivity index (χ2n) is 5.38. The lowest BCUT2D eigenvalue weighted by Crippen LogP contribution is -2.12. The molecular weight excluding hydrogens is 335 g/mol. The maximum absolute atomic E-state index is 13.1. The molecule has 0 aliphatic rings. The van der Waals surface area contributed by atoms with Crippen LogP contribution in [0.5, 0.6) is 0 Å². The number of fused-ring (bicyclic) bond motifs is 1. The molecule has 3 nitrogen and oxygen atoms in total. The summed E-state index contributed by atoms with van der Waals surface area (Å²) in [4.78, 5) is 8.95. The molecule has 1 N–H and O–H groups in total. The first-order chi connectivity index (χ1) is 11.5. The van der Waals surface area contributed by atoms with Crippen molar-refractivity contribution < 1.29 is 13.2 Å². The molecule has 0 bridgehead atoms. The third-order valence-electron chi connectivity index (χ3n) is 3.59. The van der Waals surface area contributed by atoms with E-state index in [1.54, 1.807) is 6.07 Å². The maximum Gasteiger partial charge on any atom is 0.416 e. The van der Waals surface area contributed by atoms with Crippen LogP contribution in [-0.4, -0.2) is 9.97 Å². The van der Waals surface area contributed by atoms with Gasteiger partial charge < -0.3 is 5.32 Å². The normalized spacial score (nSPS) is 11.8. The fourth-order valence-electron chi connectivity index (χ4n) is 2.50. The predicted molar refractivity (Wildman–Crippen MR) is 90.2 cm³/mol. The number of hydrogen-bond acceptors (Lipinski definition) is 4. The van der Waals surface area contributed by atoms with Gasteiger partial charge >= 0.3 is 6.18 Å². The summed E-state index contributed by atoms with van der Waals surface area (Å²) in [5.41, 5.74) is 0.401. The average Bonchev–Trinajstić information content (AvgIpc) is 3.01. The minimum Gasteiger partial charge on any atom is -0.365 e. The molecule has 2 heterocycles. The van der Waals surface area contributed by atoms with Crippen LogP contribution in [0.2, 0.25) is 0 Å². The molecule has 0 saturated carbocycles. The van der Waals surface area contributed by atoms with Crippen LogP contribution in [0.1, 0.15) is 30.3 Å². The molecule has 3 aromatic rings. The smallest absolute Gasteiger partial charge is 0.365 e. The van der Waals surface area contributed by atoms with E-state index in [9.17, 15) is 13.2 Å². The second kappa shape index (κ2) is 6.76. The van der Waals surface area contributed by atoms with Crippen molar-refractivity contribution in [2.45, 2.75) is 32.5 Å². The lowest BCUT2D eigenvalue weighted by molar-refractivity contribution is -0.138. The van der Waals surface area contributed by atoms with Crippen LogP contribution in [0.3, 0.4) is 0 Å². The zero-order valence-corrected chi connectivity index (χ0v) is 13.8. The highest BCUT2D eigenvalue weighted by molar-refractivity contribution is 7.17. The molecule has 0 saturated heterocycles. The SMILES string of the molecule is CCCc1nc(NCc2ccccc2C(F)(F)F)c2sccc2n1. The summed E-state index contributed by atoms with van der Waals surface area (Å²) in [5, 5.41) is 4.97. The van der Waals surface area contributed by atoms with Gasteiger partial charge in [0, 0.05) is 13.0 Å². The molecule has 2 aromatic heterocycles. The van der Waals surface area contributed by atoms with Crippen LogP contribution in [-0.2, 0) is 19.1 Å². The molecule has 3 rings (SSSR count). The number of anilines is 1. The van der Waals surface area contributed by atoms with Gasteiger partial charge in [0.1, 0.15) is 11.6 Å². The second-order valence-corrected chi connectivity index (χ2v) is 6.30. The van der Waals surface area contributed by atoms with E-state index in [2.05, 4.69) is 15.3 Å². The Labute approximate surface area is 141 Å². The standard InChI is InChI=1S/C17H16F3N3S/c1-2-5-14-22-13-8-9-24-15(13)16(23-14)21-10-11-6-3-4-7-12(11)17(18,19)20/h3-4,6-9H,2,5,10H2,1H3,(H,21,22,23). The summed E-state index contributed by atoms with van der Waals surface area (Å²) in [7, 11) is 0. The van der Waals surface area contributed by atoms with Gasteiger partial charge in [-0.15, -0.1) is 11.3 Å². The molecule has 0 fully saturated rings. The Morgan fingerprint density at radius 2 is 1.92 bits per heavy atom. The summed E-state index contributed by atoms with van der Waals surface area (Å²) >= 11 is 1.48. The van der Waals surface area contributed by atoms with Crippen molar-refractivity contribution in [1.82, 2.24) is 9.97 Å². The van der Waals surface area contributed by atoms with Gasteiger partial charge in [-0.3, -0.25) is 0 Å². The number of thiophene rings is 1. The van der Waals surface area contributed by atoms with Crippen LogP contribution in [0.25, 0.3) is 10.2 Å². The molecule has 0 aliphatic heterocycles. The van der Waals surface area contributed by atoms with Crippen molar-refractivity contribution >= 4 is 27.4 Å². The minimum atomic E-state index is -4.37. The Hall–Kier alpha value is -2.15. The van der Waals surface area contributed by atoms with Gasteiger partial charge in [0.2, 0.25) is 0 Å². The first kappa shape index (κ1) is 16.7. The summed E-state index contributed by atoms with van der Waals surface area (Å²) in [6, 6.07) is 7.48. The van der Waals surface area contributed by atoms with Crippen LogP contribution in [0.4, 0.5) is 19.0 Å². The van der Waals surface area contributed by atoms with Crippen LogP contribution >= 0.6 is 11.3 Å². The molecule has 0 radical (unpaired) electrons. The summed E-state index contributed by atoms with van der Waals surface area (Å²) in [5.74, 6) is 1.30. The highest BCUT2D eigenvalue weighted by Crippen LogP contribution is 2.33. The zero-order valence-electron chi connectivity index (χ0n) is 13.0. The molecule has 0 aliphatic carbocycles. The van der Waals surface area contributed by atoms with Crippen molar-refractivity contribution in [1.29, 1.82) is 0 Å². The van der Waals surface area contributed by atoms with Gasteiger partial charge in [-0.05, 0) is 29.5 Å². The van der Waals surface area contributed by atoms with Gasteiger partial charge in [0.05, 0.1) is 15.8 Å². The van der Waals surface area contributed by atoms with E-state index < -0.39 is 11.7 Å². The van der Waals surface area contributed by atoms with E-state index in [4.69, 9.17) is 0 Å². The van der Waals surface area contributed by atoms with Gasteiger partial charge in [-0.25, -0.2) is 9.97 Å². The quantitative estimate of drug-likeness (QED) is 0.680. The number of nitrogens with one attached hydrogen (secondary N) is 1. The van der Waals surface area contributed by atoms with Crippen molar-refractivity contribution in [3.63, 3.8) is 0 Å². The number of benzene rings is 1. The fraction of sp³-hybridized carbons (Fsp3) is 0.294. The third-order valence-corrected chi connectivity index (χ3v) is 4.50. The van der Waals surface area contributed by atoms with Crippen molar-refractivity contribution in [2.24, 2.45) is 0 Å². The number of alkyl halides is 3. The van der Waals surface area contributed by atoms with Crippen molar-refractivity contribution in [3.05, 3.63) is 52.7 Å². The molecule has 0 unspecified atom stereocenters. The largest absolute Gasteiger partial charge is 0.416 e. The Balaban J connectivity index is 1.90. The van der Waals surface area contributed by atoms with E-state index in [-0.39, 0.29) is 12.1 Å². The van der Waals surface area contributed by atoms with Gasteiger partial charge in [0.15, 0.2) is 0 Å². The van der Waals surface area contributed by atoms with Crippen molar-refractivity contribution in [2.75, 3.05) is 5.32 Å². The Bertz CT molecular complexity index is 842. The van der Waals surface area contributed by atoms with Gasteiger partial charge in [-0.2, -0.15) is 13.2 Å². The molecule has 0 amide bonds. The van der Waals surface area contributed by atoms with E-state index in [0.717, 1.165) is 29.1 Å². The summed E-state index contributed by atoms with van der Waals surface area (Å²) in [6.07, 6.45) is -2.72. The predicted octanol–water partition coefficient (Wildman–Crippen LogP) is 5.27. The Morgan fingerprint density at radius 1 is 1.12 bits per heavy atom. The van der Waals surface area contributed by atoms with Gasteiger partial charge in [-0.1, -0.05) is 25.1 Å².